The highest BCUT2D eigenvalue weighted by molar-refractivity contribution is 7.90. The van der Waals surface area contributed by atoms with Crippen molar-refractivity contribution in [2.45, 2.75) is 24.0 Å². The Morgan fingerprint density at radius 2 is 2.00 bits per heavy atom. The molecule has 4 aromatic rings. The highest BCUT2D eigenvalue weighted by Crippen LogP contribution is 2.27. The summed E-state index contributed by atoms with van der Waals surface area (Å²) < 4.78 is 55.3. The summed E-state index contributed by atoms with van der Waals surface area (Å²) in [6, 6.07) is 6.30. The van der Waals surface area contributed by atoms with Crippen LogP contribution in [0.1, 0.15) is 5.82 Å². The van der Waals surface area contributed by atoms with E-state index in [1.807, 2.05) is 0 Å². The molecular weight excluding hydrogens is 438 g/mol. The molecule has 0 saturated carbocycles. The molecule has 1 aromatic carbocycles. The third-order valence-electron chi connectivity index (χ3n) is 4.64. The molecule has 30 heavy (non-hydrogen) atoms. The number of nitrogens with zero attached hydrogens (tertiary/aromatic N) is 5. The number of hydrogen-bond acceptors (Lipinski definition) is 6. The summed E-state index contributed by atoms with van der Waals surface area (Å²) in [5.74, 6) is -2.90. The van der Waals surface area contributed by atoms with Crippen molar-refractivity contribution in [1.29, 1.82) is 0 Å². The van der Waals surface area contributed by atoms with E-state index >= 15 is 0 Å². The van der Waals surface area contributed by atoms with Crippen molar-refractivity contribution in [3.05, 3.63) is 47.5 Å². The minimum Gasteiger partial charge on any atom is -0.325 e. The number of fused-ring (bicyclic) bond motifs is 2. The van der Waals surface area contributed by atoms with Gasteiger partial charge in [0.25, 0.3) is 5.92 Å². The summed E-state index contributed by atoms with van der Waals surface area (Å²) in [5.41, 5.74) is 6.56. The van der Waals surface area contributed by atoms with Gasteiger partial charge in [-0.15, -0.1) is 0 Å². The maximum atomic E-state index is 14.1. The van der Waals surface area contributed by atoms with Crippen LogP contribution in [0, 0.1) is 0 Å². The standard InChI is InChI=1S/C18H17ClF2N6O2S/c1-30(28,29)17-12-4-5-23-7-15(12)27(25-17)8-16-24-13-6-11(19)2-3-14(13)26(16)10-18(20,21)9-22/h2-7H,8-10,22H2,1H3. The predicted octanol–water partition coefficient (Wildman–Crippen LogP) is 2.48. The molecule has 0 spiro atoms. The van der Waals surface area contributed by atoms with E-state index in [1.165, 1.54) is 21.6 Å². The van der Waals surface area contributed by atoms with E-state index in [0.29, 0.717) is 27.0 Å². The zero-order valence-electron chi connectivity index (χ0n) is 15.8. The molecule has 0 radical (unpaired) electrons. The lowest BCUT2D eigenvalue weighted by Crippen LogP contribution is -2.33. The number of imidazole rings is 1. The molecule has 8 nitrogen and oxygen atoms in total. The Hall–Kier alpha value is -2.63. The number of sulfone groups is 1. The Morgan fingerprint density at radius 1 is 1.23 bits per heavy atom. The highest BCUT2D eigenvalue weighted by atomic mass is 35.5. The van der Waals surface area contributed by atoms with Crippen molar-refractivity contribution < 1.29 is 17.2 Å². The van der Waals surface area contributed by atoms with Crippen LogP contribution in [0.4, 0.5) is 8.78 Å². The maximum absolute atomic E-state index is 14.1. The lowest BCUT2D eigenvalue weighted by molar-refractivity contribution is -0.00637. The smallest absolute Gasteiger partial charge is 0.277 e. The van der Waals surface area contributed by atoms with Crippen molar-refractivity contribution in [3.8, 4) is 0 Å². The van der Waals surface area contributed by atoms with Gasteiger partial charge in [-0.1, -0.05) is 11.6 Å². The predicted molar refractivity (Wildman–Crippen MR) is 108 cm³/mol. The second-order valence-corrected chi connectivity index (χ2v) is 9.30. The number of nitrogens with two attached hydrogens (primary N) is 1. The lowest BCUT2D eigenvalue weighted by atomic mass is 10.3. The second kappa shape index (κ2) is 7.25. The molecule has 3 heterocycles. The normalized spacial score (nSPS) is 12.8. The molecular formula is C18H17ClF2N6O2S. The third-order valence-corrected chi connectivity index (χ3v) is 5.88. The van der Waals surface area contributed by atoms with Gasteiger partial charge in [0.05, 0.1) is 42.4 Å². The Labute approximate surface area is 175 Å². The lowest BCUT2D eigenvalue weighted by Gasteiger charge is -2.17. The number of alkyl halides is 2. The summed E-state index contributed by atoms with van der Waals surface area (Å²) in [5, 5.41) is 4.89. The number of benzene rings is 1. The maximum Gasteiger partial charge on any atom is 0.277 e. The zero-order chi connectivity index (χ0) is 21.7. The summed E-state index contributed by atoms with van der Waals surface area (Å²) in [4.78, 5) is 8.46. The van der Waals surface area contributed by atoms with Crippen LogP contribution in [0.15, 0.2) is 41.7 Å². The molecule has 0 amide bonds. The molecule has 12 heteroatoms. The SMILES string of the molecule is CS(=O)(=O)c1nn(Cc2nc3cc(Cl)ccc3n2CC(F)(F)CN)c2cnccc12. The fraction of sp³-hybridized carbons (Fsp3) is 0.278. The van der Waals surface area contributed by atoms with Crippen molar-refractivity contribution in [3.63, 3.8) is 0 Å². The minimum atomic E-state index is -3.61. The molecule has 0 unspecified atom stereocenters. The fourth-order valence-electron chi connectivity index (χ4n) is 3.26. The first-order chi connectivity index (χ1) is 14.1. The number of aromatic nitrogens is 5. The molecule has 0 saturated heterocycles. The van der Waals surface area contributed by atoms with Gasteiger partial charge in [-0.2, -0.15) is 5.10 Å². The quantitative estimate of drug-likeness (QED) is 0.479. The topological polar surface area (TPSA) is 109 Å². The van der Waals surface area contributed by atoms with E-state index in [1.54, 1.807) is 24.3 Å². The van der Waals surface area contributed by atoms with Crippen LogP contribution in [0.5, 0.6) is 0 Å². The van der Waals surface area contributed by atoms with Crippen molar-refractivity contribution in [2.24, 2.45) is 5.73 Å². The van der Waals surface area contributed by atoms with Crippen molar-refractivity contribution in [2.75, 3.05) is 12.8 Å². The fourth-order valence-corrected chi connectivity index (χ4v) is 4.25. The third kappa shape index (κ3) is 3.75. The van der Waals surface area contributed by atoms with Crippen LogP contribution in [-0.2, 0) is 22.9 Å². The number of halogens is 3. The van der Waals surface area contributed by atoms with Crippen LogP contribution in [0.25, 0.3) is 21.9 Å². The van der Waals surface area contributed by atoms with E-state index in [-0.39, 0.29) is 17.4 Å². The number of rotatable bonds is 6. The van der Waals surface area contributed by atoms with E-state index in [4.69, 9.17) is 17.3 Å². The van der Waals surface area contributed by atoms with Gasteiger partial charge < -0.3 is 10.3 Å². The average Bonchev–Trinajstić information content (AvgIpc) is 3.20. The van der Waals surface area contributed by atoms with Crippen LogP contribution >= 0.6 is 11.6 Å². The summed E-state index contributed by atoms with van der Waals surface area (Å²) in [6.07, 6.45) is 3.98. The van der Waals surface area contributed by atoms with Crippen molar-refractivity contribution >= 4 is 43.4 Å². The second-order valence-electron chi connectivity index (χ2n) is 6.94. The Balaban J connectivity index is 1.89. The molecule has 0 aliphatic heterocycles. The molecule has 3 aromatic heterocycles. The van der Waals surface area contributed by atoms with Crippen molar-refractivity contribution in [1.82, 2.24) is 24.3 Å². The van der Waals surface area contributed by atoms with E-state index in [0.717, 1.165) is 6.26 Å². The molecule has 0 bridgehead atoms. The molecule has 0 fully saturated rings. The van der Waals surface area contributed by atoms with Gasteiger partial charge in [0, 0.05) is 22.9 Å². The molecule has 158 valence electrons. The summed E-state index contributed by atoms with van der Waals surface area (Å²) in [6.45, 7) is -1.56. The highest BCUT2D eigenvalue weighted by Gasteiger charge is 2.30. The molecule has 4 rings (SSSR count). The zero-order valence-corrected chi connectivity index (χ0v) is 17.3. The van der Waals surface area contributed by atoms with Gasteiger partial charge in [-0.25, -0.2) is 22.2 Å². The van der Waals surface area contributed by atoms with Gasteiger partial charge in [-0.3, -0.25) is 9.67 Å². The van der Waals surface area contributed by atoms with Gasteiger partial charge in [0.2, 0.25) is 0 Å². The van der Waals surface area contributed by atoms with Gasteiger partial charge in [0.15, 0.2) is 14.9 Å². The molecule has 0 atom stereocenters. The van der Waals surface area contributed by atoms with Crippen LogP contribution in [0.2, 0.25) is 5.02 Å². The monoisotopic (exact) mass is 454 g/mol. The molecule has 0 aliphatic rings. The minimum absolute atomic E-state index is 0.0509. The van der Waals surface area contributed by atoms with Gasteiger partial charge in [0.1, 0.15) is 5.82 Å². The average molecular weight is 455 g/mol. The first-order valence-corrected chi connectivity index (χ1v) is 11.1. The van der Waals surface area contributed by atoms with Crippen LogP contribution in [-0.4, -0.2) is 51.5 Å². The molecule has 0 aliphatic carbocycles. The first-order valence-electron chi connectivity index (χ1n) is 8.82. The summed E-state index contributed by atoms with van der Waals surface area (Å²) in [7, 11) is -3.61. The number of hydrogen-bond donors (Lipinski definition) is 1. The van der Waals surface area contributed by atoms with Gasteiger partial charge in [-0.05, 0) is 24.3 Å². The van der Waals surface area contributed by atoms with Gasteiger partial charge >= 0.3 is 0 Å². The Kier molecular flexibility index (Phi) is 4.99. The Bertz CT molecular complexity index is 1370. The largest absolute Gasteiger partial charge is 0.325 e. The first kappa shape index (κ1) is 20.6. The summed E-state index contributed by atoms with van der Waals surface area (Å²) >= 11 is 6.02. The molecule has 2 N–H and O–H groups in total. The van der Waals surface area contributed by atoms with Crippen LogP contribution < -0.4 is 5.73 Å². The number of pyridine rings is 1. The van der Waals surface area contributed by atoms with E-state index in [2.05, 4.69) is 15.1 Å². The van der Waals surface area contributed by atoms with Crippen LogP contribution in [0.3, 0.4) is 0 Å². The Morgan fingerprint density at radius 3 is 2.70 bits per heavy atom. The van der Waals surface area contributed by atoms with E-state index < -0.39 is 28.8 Å². The van der Waals surface area contributed by atoms with E-state index in [9.17, 15) is 17.2 Å².